The van der Waals surface area contributed by atoms with Gasteiger partial charge in [-0.2, -0.15) is 5.10 Å². The molecule has 0 aliphatic rings. The average Bonchev–Trinajstić information content (AvgIpc) is 3.01. The first-order chi connectivity index (χ1) is 15.2. The Morgan fingerprint density at radius 1 is 1.06 bits per heavy atom. The standard InChI is InChI=1S/C24H21Cl3N2O3/c1-14-4-5-15(2)20(10-14)22(30)13-32-23(31)9-8-19-16(3)28-29(24(19)27)12-17-6-7-18(25)11-21(17)26/h4-11H,12-13H2,1-3H3. The highest BCUT2D eigenvalue weighted by Gasteiger charge is 2.15. The second-order valence-corrected chi connectivity index (χ2v) is 8.57. The maximum atomic E-state index is 12.4. The molecule has 0 spiro atoms. The maximum absolute atomic E-state index is 12.4. The van der Waals surface area contributed by atoms with Gasteiger partial charge in [0.15, 0.2) is 6.61 Å². The van der Waals surface area contributed by atoms with Crippen LogP contribution in [0, 0.1) is 20.8 Å². The molecule has 32 heavy (non-hydrogen) atoms. The molecule has 166 valence electrons. The predicted octanol–water partition coefficient (Wildman–Crippen LogP) is 6.26. The quantitative estimate of drug-likeness (QED) is 0.222. The number of aryl methyl sites for hydroxylation is 3. The second kappa shape index (κ2) is 10.3. The number of Topliss-reactive ketones (excluding diaryl/α,β-unsaturated/α-hetero) is 1. The summed E-state index contributed by atoms with van der Waals surface area (Å²) < 4.78 is 6.69. The van der Waals surface area contributed by atoms with Crippen LogP contribution in [0.3, 0.4) is 0 Å². The lowest BCUT2D eigenvalue weighted by atomic mass is 10.0. The molecule has 0 radical (unpaired) electrons. The van der Waals surface area contributed by atoms with Gasteiger partial charge < -0.3 is 4.74 Å². The van der Waals surface area contributed by atoms with Crippen LogP contribution in [0.5, 0.6) is 0 Å². The van der Waals surface area contributed by atoms with E-state index < -0.39 is 5.97 Å². The van der Waals surface area contributed by atoms with Gasteiger partial charge in [-0.15, -0.1) is 0 Å². The first-order valence-electron chi connectivity index (χ1n) is 9.78. The lowest BCUT2D eigenvalue weighted by Gasteiger charge is -2.06. The van der Waals surface area contributed by atoms with Crippen LogP contribution >= 0.6 is 34.8 Å². The molecule has 0 N–H and O–H groups in total. The number of aromatic nitrogens is 2. The molecule has 0 saturated carbocycles. The molecule has 0 saturated heterocycles. The largest absolute Gasteiger partial charge is 0.454 e. The Hall–Kier alpha value is -2.60. The maximum Gasteiger partial charge on any atom is 0.331 e. The number of ketones is 1. The topological polar surface area (TPSA) is 61.2 Å². The number of esters is 1. The Morgan fingerprint density at radius 2 is 1.81 bits per heavy atom. The Kier molecular flexibility index (Phi) is 7.77. The van der Waals surface area contributed by atoms with Crippen LogP contribution in [0.25, 0.3) is 6.08 Å². The van der Waals surface area contributed by atoms with Crippen LogP contribution in [-0.2, 0) is 16.1 Å². The summed E-state index contributed by atoms with van der Waals surface area (Å²) in [7, 11) is 0. The monoisotopic (exact) mass is 490 g/mol. The summed E-state index contributed by atoms with van der Waals surface area (Å²) in [6.45, 7) is 5.53. The minimum Gasteiger partial charge on any atom is -0.454 e. The van der Waals surface area contributed by atoms with Gasteiger partial charge in [-0.25, -0.2) is 9.48 Å². The van der Waals surface area contributed by atoms with Crippen molar-refractivity contribution < 1.29 is 14.3 Å². The molecule has 1 aromatic heterocycles. The first kappa shape index (κ1) is 24.1. The van der Waals surface area contributed by atoms with Gasteiger partial charge in [-0.1, -0.05) is 58.6 Å². The van der Waals surface area contributed by atoms with E-state index in [0.29, 0.717) is 38.6 Å². The molecule has 0 fully saturated rings. The molecule has 0 amide bonds. The summed E-state index contributed by atoms with van der Waals surface area (Å²) in [6.07, 6.45) is 2.75. The average molecular weight is 492 g/mol. The van der Waals surface area contributed by atoms with E-state index in [4.69, 9.17) is 39.5 Å². The van der Waals surface area contributed by atoms with Gasteiger partial charge in [-0.3, -0.25) is 4.79 Å². The Bertz CT molecular complexity index is 1220. The smallest absolute Gasteiger partial charge is 0.331 e. The van der Waals surface area contributed by atoms with Crippen molar-refractivity contribution in [3.63, 3.8) is 0 Å². The zero-order valence-corrected chi connectivity index (χ0v) is 20.1. The van der Waals surface area contributed by atoms with E-state index in [2.05, 4.69) is 5.10 Å². The number of hydrogen-bond acceptors (Lipinski definition) is 4. The van der Waals surface area contributed by atoms with Crippen molar-refractivity contribution in [3.05, 3.63) is 91.2 Å². The number of rotatable bonds is 7. The van der Waals surface area contributed by atoms with Crippen molar-refractivity contribution in [1.29, 1.82) is 0 Å². The fourth-order valence-electron chi connectivity index (χ4n) is 3.12. The third-order valence-electron chi connectivity index (χ3n) is 4.87. The lowest BCUT2D eigenvalue weighted by Crippen LogP contribution is -2.13. The zero-order valence-electron chi connectivity index (χ0n) is 17.8. The molecule has 5 nitrogen and oxygen atoms in total. The minimum atomic E-state index is -0.646. The number of benzene rings is 2. The number of carbonyl (C=O) groups excluding carboxylic acids is 2. The third-order valence-corrected chi connectivity index (χ3v) is 5.86. The molecular weight excluding hydrogens is 471 g/mol. The predicted molar refractivity (Wildman–Crippen MR) is 128 cm³/mol. The molecule has 0 bridgehead atoms. The molecule has 0 aliphatic heterocycles. The normalized spacial score (nSPS) is 11.2. The van der Waals surface area contributed by atoms with Gasteiger partial charge in [-0.05, 0) is 56.2 Å². The fourth-order valence-corrected chi connectivity index (χ4v) is 3.89. The summed E-state index contributed by atoms with van der Waals surface area (Å²) in [5, 5.41) is 5.82. The van der Waals surface area contributed by atoms with Crippen LogP contribution in [0.4, 0.5) is 0 Å². The number of halogens is 3. The zero-order chi connectivity index (χ0) is 23.4. The van der Waals surface area contributed by atoms with Crippen LogP contribution in [0.2, 0.25) is 15.2 Å². The number of hydrogen-bond donors (Lipinski definition) is 0. The van der Waals surface area contributed by atoms with E-state index in [0.717, 1.165) is 16.7 Å². The molecule has 0 aliphatic carbocycles. The van der Waals surface area contributed by atoms with Crippen LogP contribution in [0.15, 0.2) is 42.5 Å². The van der Waals surface area contributed by atoms with Gasteiger partial charge in [0.05, 0.1) is 12.2 Å². The van der Waals surface area contributed by atoms with E-state index in [1.165, 1.54) is 12.2 Å². The summed E-state index contributed by atoms with van der Waals surface area (Å²) in [6, 6.07) is 10.8. The first-order valence-corrected chi connectivity index (χ1v) is 10.9. The molecule has 8 heteroatoms. The lowest BCUT2D eigenvalue weighted by molar-refractivity contribution is -0.136. The molecule has 2 aromatic carbocycles. The van der Waals surface area contributed by atoms with Gasteiger partial charge in [0, 0.05) is 27.2 Å². The summed E-state index contributed by atoms with van der Waals surface area (Å²) in [4.78, 5) is 24.5. The molecule has 3 aromatic rings. The van der Waals surface area contributed by atoms with E-state index in [1.807, 2.05) is 26.0 Å². The van der Waals surface area contributed by atoms with Crippen LogP contribution in [-0.4, -0.2) is 28.1 Å². The van der Waals surface area contributed by atoms with Crippen molar-refractivity contribution in [1.82, 2.24) is 9.78 Å². The van der Waals surface area contributed by atoms with Gasteiger partial charge >= 0.3 is 5.97 Å². The van der Waals surface area contributed by atoms with E-state index in [1.54, 1.807) is 35.9 Å². The molecule has 3 rings (SSSR count). The van der Waals surface area contributed by atoms with E-state index in [9.17, 15) is 9.59 Å². The molecular formula is C24H21Cl3N2O3. The van der Waals surface area contributed by atoms with E-state index in [-0.39, 0.29) is 12.4 Å². The number of ether oxygens (including phenoxy) is 1. The number of carbonyl (C=O) groups is 2. The fraction of sp³-hybridized carbons (Fsp3) is 0.208. The Balaban J connectivity index is 1.66. The SMILES string of the molecule is Cc1ccc(C)c(C(=O)COC(=O)C=Cc2c(C)nn(Cc3ccc(Cl)cc3Cl)c2Cl)c1. The van der Waals surface area contributed by atoms with Crippen LogP contribution < -0.4 is 0 Å². The molecule has 0 atom stereocenters. The van der Waals surface area contributed by atoms with Gasteiger partial charge in [0.1, 0.15) is 5.15 Å². The summed E-state index contributed by atoms with van der Waals surface area (Å²) in [5.74, 6) is -0.901. The van der Waals surface area contributed by atoms with Crippen molar-refractivity contribution >= 4 is 52.6 Å². The summed E-state index contributed by atoms with van der Waals surface area (Å²) >= 11 is 18.6. The summed E-state index contributed by atoms with van der Waals surface area (Å²) in [5.41, 5.74) is 4.36. The van der Waals surface area contributed by atoms with Gasteiger partial charge in [0.25, 0.3) is 0 Å². The third kappa shape index (κ3) is 5.80. The Labute approximate surface area is 201 Å². The highest BCUT2D eigenvalue weighted by Crippen LogP contribution is 2.26. The highest BCUT2D eigenvalue weighted by molar-refractivity contribution is 6.35. The van der Waals surface area contributed by atoms with E-state index >= 15 is 0 Å². The highest BCUT2D eigenvalue weighted by atomic mass is 35.5. The van der Waals surface area contributed by atoms with Crippen molar-refractivity contribution in [2.24, 2.45) is 0 Å². The molecule has 1 heterocycles. The number of nitrogens with zero attached hydrogens (tertiary/aromatic N) is 2. The minimum absolute atomic E-state index is 0.255. The van der Waals surface area contributed by atoms with Crippen molar-refractivity contribution in [3.8, 4) is 0 Å². The van der Waals surface area contributed by atoms with Crippen LogP contribution in [0.1, 0.15) is 38.3 Å². The molecule has 0 unspecified atom stereocenters. The van der Waals surface area contributed by atoms with Crippen molar-refractivity contribution in [2.45, 2.75) is 27.3 Å². The van der Waals surface area contributed by atoms with Gasteiger partial charge in [0.2, 0.25) is 5.78 Å². The second-order valence-electron chi connectivity index (χ2n) is 7.37. The van der Waals surface area contributed by atoms with Crippen molar-refractivity contribution in [2.75, 3.05) is 6.61 Å². The Morgan fingerprint density at radius 3 is 2.53 bits per heavy atom.